The van der Waals surface area contributed by atoms with Crippen LogP contribution < -0.4 is 5.32 Å². The number of benzene rings is 1. The summed E-state index contributed by atoms with van der Waals surface area (Å²) in [7, 11) is 0. The molecule has 0 aliphatic rings. The lowest BCUT2D eigenvalue weighted by molar-refractivity contribution is -0.114. The maximum atomic E-state index is 11.1. The summed E-state index contributed by atoms with van der Waals surface area (Å²) in [6.45, 7) is 1.36. The summed E-state index contributed by atoms with van der Waals surface area (Å²) >= 11 is 1.19. The van der Waals surface area contributed by atoms with E-state index < -0.39 is 5.97 Å². The number of amides is 1. The first-order valence-corrected chi connectivity index (χ1v) is 6.42. The van der Waals surface area contributed by atoms with Crippen molar-refractivity contribution in [3.63, 3.8) is 0 Å². The van der Waals surface area contributed by atoms with E-state index in [2.05, 4.69) is 10.3 Å². The van der Waals surface area contributed by atoms with Gasteiger partial charge in [0.2, 0.25) is 5.91 Å². The van der Waals surface area contributed by atoms with E-state index >= 15 is 0 Å². The molecule has 0 bridgehead atoms. The fourth-order valence-electron chi connectivity index (χ4n) is 1.62. The van der Waals surface area contributed by atoms with Crippen molar-refractivity contribution in [2.45, 2.75) is 13.3 Å². The lowest BCUT2D eigenvalue weighted by Crippen LogP contribution is -2.06. The molecule has 0 fully saturated rings. The van der Waals surface area contributed by atoms with Gasteiger partial charge >= 0.3 is 5.97 Å². The fraction of sp³-hybridized carbons (Fsp3) is 0.154. The Morgan fingerprint density at radius 2 is 2.00 bits per heavy atom. The van der Waals surface area contributed by atoms with Crippen molar-refractivity contribution in [1.29, 1.82) is 0 Å². The van der Waals surface area contributed by atoms with Crippen LogP contribution >= 0.6 is 11.3 Å². The van der Waals surface area contributed by atoms with Crippen molar-refractivity contribution < 1.29 is 14.7 Å². The van der Waals surface area contributed by atoms with E-state index in [0.29, 0.717) is 16.4 Å². The lowest BCUT2D eigenvalue weighted by atomic mass is 10.1. The number of carbonyl (C=O) groups excluding carboxylic acids is 1. The number of carboxylic acid groups (broad SMARTS) is 1. The third-order valence-corrected chi connectivity index (χ3v) is 3.36. The lowest BCUT2D eigenvalue weighted by Gasteiger charge is -1.98. The van der Waals surface area contributed by atoms with E-state index in [1.165, 1.54) is 18.3 Å². The Hall–Kier alpha value is -2.21. The summed E-state index contributed by atoms with van der Waals surface area (Å²) in [5.41, 5.74) is 1.00. The Balaban J connectivity index is 2.30. The number of carbonyl (C=O) groups is 2. The molecule has 6 heteroatoms. The predicted molar refractivity (Wildman–Crippen MR) is 72.6 cm³/mol. The van der Waals surface area contributed by atoms with Crippen molar-refractivity contribution in [1.82, 2.24) is 4.98 Å². The van der Waals surface area contributed by atoms with Crippen molar-refractivity contribution in [2.24, 2.45) is 0 Å². The monoisotopic (exact) mass is 276 g/mol. The minimum absolute atomic E-state index is 0.00222. The third kappa shape index (κ3) is 3.38. The first kappa shape index (κ1) is 13.2. The number of hydrogen-bond donors (Lipinski definition) is 2. The summed E-state index contributed by atoms with van der Waals surface area (Å²) < 4.78 is 0. The van der Waals surface area contributed by atoms with Gasteiger partial charge in [-0.3, -0.25) is 4.79 Å². The zero-order valence-corrected chi connectivity index (χ0v) is 11.0. The van der Waals surface area contributed by atoms with E-state index in [-0.39, 0.29) is 11.6 Å². The number of aromatic nitrogens is 1. The Morgan fingerprint density at radius 1 is 1.32 bits per heavy atom. The Morgan fingerprint density at radius 3 is 2.58 bits per heavy atom. The molecule has 0 unspecified atom stereocenters. The number of aromatic carboxylic acids is 1. The van der Waals surface area contributed by atoms with Crippen LogP contribution in [0.4, 0.5) is 5.13 Å². The number of anilines is 1. The molecule has 0 aliphatic carbocycles. The molecule has 0 aliphatic heterocycles. The van der Waals surface area contributed by atoms with Gasteiger partial charge in [0.15, 0.2) is 10.8 Å². The van der Waals surface area contributed by atoms with Crippen molar-refractivity contribution in [2.75, 3.05) is 5.32 Å². The molecule has 1 heterocycles. The second-order valence-electron chi connectivity index (χ2n) is 3.94. The van der Waals surface area contributed by atoms with Crippen LogP contribution in [0, 0.1) is 0 Å². The van der Waals surface area contributed by atoms with Gasteiger partial charge in [-0.2, -0.15) is 0 Å². The predicted octanol–water partition coefficient (Wildman–Crippen LogP) is 2.39. The van der Waals surface area contributed by atoms with Crippen LogP contribution in [-0.2, 0) is 11.2 Å². The molecule has 5 nitrogen and oxygen atoms in total. The van der Waals surface area contributed by atoms with Gasteiger partial charge in [-0.25, -0.2) is 9.78 Å². The maximum absolute atomic E-state index is 11.1. The average Bonchev–Trinajstić information content (AvgIpc) is 2.72. The molecule has 1 amide bonds. The second kappa shape index (κ2) is 5.62. The van der Waals surface area contributed by atoms with Gasteiger partial charge in [0.05, 0.1) is 0 Å². The smallest absolute Gasteiger partial charge is 0.355 e. The zero-order chi connectivity index (χ0) is 13.8. The van der Waals surface area contributed by atoms with E-state index in [9.17, 15) is 9.59 Å². The highest BCUT2D eigenvalue weighted by Gasteiger charge is 2.18. The van der Waals surface area contributed by atoms with E-state index in [1.807, 2.05) is 30.3 Å². The number of rotatable bonds is 4. The first-order valence-electron chi connectivity index (χ1n) is 5.61. The van der Waals surface area contributed by atoms with Crippen molar-refractivity contribution >= 4 is 28.3 Å². The second-order valence-corrected chi connectivity index (χ2v) is 5.02. The topological polar surface area (TPSA) is 79.3 Å². The van der Waals surface area contributed by atoms with Crippen LogP contribution in [0.25, 0.3) is 0 Å². The standard InChI is InChI=1S/C13H12N2O3S/c1-8(16)14-13-15-11(12(17)18)10(19-13)7-9-5-3-2-4-6-9/h2-6H,7H2,1H3,(H,17,18)(H,14,15,16). The summed E-state index contributed by atoms with van der Waals surface area (Å²) in [6, 6.07) is 9.53. The highest BCUT2D eigenvalue weighted by molar-refractivity contribution is 7.16. The van der Waals surface area contributed by atoms with Gasteiger partial charge < -0.3 is 10.4 Å². The van der Waals surface area contributed by atoms with E-state index in [1.54, 1.807) is 0 Å². The molecule has 2 aromatic rings. The minimum atomic E-state index is -1.08. The van der Waals surface area contributed by atoms with Crippen LogP contribution in [-0.4, -0.2) is 22.0 Å². The molecule has 2 rings (SSSR count). The SMILES string of the molecule is CC(=O)Nc1nc(C(=O)O)c(Cc2ccccc2)s1. The Kier molecular flexibility index (Phi) is 3.91. The molecule has 0 spiro atoms. The Bertz CT molecular complexity index is 608. The Labute approximate surface area is 113 Å². The molecule has 0 saturated heterocycles. The molecular weight excluding hydrogens is 264 g/mol. The molecule has 19 heavy (non-hydrogen) atoms. The normalized spacial score (nSPS) is 10.2. The molecule has 1 aromatic carbocycles. The van der Waals surface area contributed by atoms with E-state index in [4.69, 9.17) is 5.11 Å². The van der Waals surface area contributed by atoms with Crippen molar-refractivity contribution in [3.8, 4) is 0 Å². The average molecular weight is 276 g/mol. The largest absolute Gasteiger partial charge is 0.476 e. The third-order valence-electron chi connectivity index (χ3n) is 2.39. The summed E-state index contributed by atoms with van der Waals surface area (Å²) in [6.07, 6.45) is 0.486. The van der Waals surface area contributed by atoms with Crippen LogP contribution in [0.3, 0.4) is 0 Å². The number of carboxylic acids is 1. The summed E-state index contributed by atoms with van der Waals surface area (Å²) in [5.74, 6) is -1.35. The first-order chi connectivity index (χ1) is 9.06. The van der Waals surface area contributed by atoms with Gasteiger partial charge in [0, 0.05) is 18.2 Å². The summed E-state index contributed by atoms with van der Waals surface area (Å²) in [4.78, 5) is 26.7. The number of hydrogen-bond acceptors (Lipinski definition) is 4. The molecule has 98 valence electrons. The molecule has 1 aromatic heterocycles. The van der Waals surface area contributed by atoms with Gasteiger partial charge in [0.25, 0.3) is 0 Å². The molecule has 0 saturated carbocycles. The van der Waals surface area contributed by atoms with Crippen LogP contribution in [0.1, 0.15) is 27.9 Å². The maximum Gasteiger partial charge on any atom is 0.355 e. The number of nitrogens with one attached hydrogen (secondary N) is 1. The van der Waals surface area contributed by atoms with Crippen molar-refractivity contribution in [3.05, 3.63) is 46.5 Å². The molecule has 2 N–H and O–H groups in total. The molecule has 0 radical (unpaired) electrons. The summed E-state index contributed by atoms with van der Waals surface area (Å²) in [5, 5.41) is 11.9. The number of nitrogens with zero attached hydrogens (tertiary/aromatic N) is 1. The molecular formula is C13H12N2O3S. The highest BCUT2D eigenvalue weighted by atomic mass is 32.1. The van der Waals surface area contributed by atoms with Gasteiger partial charge in [0.1, 0.15) is 0 Å². The minimum Gasteiger partial charge on any atom is -0.476 e. The quantitative estimate of drug-likeness (QED) is 0.898. The van der Waals surface area contributed by atoms with E-state index in [0.717, 1.165) is 5.56 Å². The van der Waals surface area contributed by atoms with Gasteiger partial charge in [-0.05, 0) is 5.56 Å². The molecule has 0 atom stereocenters. The van der Waals surface area contributed by atoms with Crippen LogP contribution in [0.5, 0.6) is 0 Å². The highest BCUT2D eigenvalue weighted by Crippen LogP contribution is 2.25. The van der Waals surface area contributed by atoms with Crippen LogP contribution in [0.15, 0.2) is 30.3 Å². The van der Waals surface area contributed by atoms with Crippen LogP contribution in [0.2, 0.25) is 0 Å². The van der Waals surface area contributed by atoms with Gasteiger partial charge in [-0.15, -0.1) is 11.3 Å². The van der Waals surface area contributed by atoms with Gasteiger partial charge in [-0.1, -0.05) is 30.3 Å². The zero-order valence-electron chi connectivity index (χ0n) is 10.2. The number of thiazole rings is 1. The fourth-order valence-corrected chi connectivity index (χ4v) is 2.66.